The lowest BCUT2D eigenvalue weighted by atomic mass is 10.3. The molecule has 1 aliphatic rings. The summed E-state index contributed by atoms with van der Waals surface area (Å²) >= 11 is 0. The number of nitrogens with one attached hydrogen (secondary N) is 2. The molecule has 30 heavy (non-hydrogen) atoms. The number of nitrogens with zero attached hydrogens (tertiary/aromatic N) is 5. The molecule has 0 aliphatic carbocycles. The summed E-state index contributed by atoms with van der Waals surface area (Å²) in [6.45, 7) is 4.94. The molecule has 1 saturated heterocycles. The van der Waals surface area contributed by atoms with Crippen LogP contribution in [0.5, 0.6) is 0 Å². The molecule has 3 aromatic rings. The van der Waals surface area contributed by atoms with Gasteiger partial charge < -0.3 is 19.9 Å². The summed E-state index contributed by atoms with van der Waals surface area (Å²) in [6, 6.07) is 9.24. The Morgan fingerprint density at radius 2 is 2.20 bits per heavy atom. The van der Waals surface area contributed by atoms with Gasteiger partial charge in [-0.1, -0.05) is 6.07 Å². The quantitative estimate of drug-likeness (QED) is 0.296. The maximum absolute atomic E-state index is 14.0. The van der Waals surface area contributed by atoms with Gasteiger partial charge in [0.15, 0.2) is 17.6 Å². The van der Waals surface area contributed by atoms with Gasteiger partial charge in [0.25, 0.3) is 0 Å². The van der Waals surface area contributed by atoms with Crippen LogP contribution < -0.4 is 15.5 Å². The zero-order valence-corrected chi connectivity index (χ0v) is 19.3. The van der Waals surface area contributed by atoms with E-state index >= 15 is 0 Å². The van der Waals surface area contributed by atoms with Crippen molar-refractivity contribution in [2.75, 3.05) is 31.1 Å². The molecule has 0 amide bonds. The van der Waals surface area contributed by atoms with Gasteiger partial charge in [-0.2, -0.15) is 0 Å². The molecule has 0 radical (unpaired) electrons. The van der Waals surface area contributed by atoms with Crippen molar-refractivity contribution in [2.45, 2.75) is 25.8 Å². The molecule has 0 saturated carbocycles. The summed E-state index contributed by atoms with van der Waals surface area (Å²) in [5, 5.41) is 6.76. The van der Waals surface area contributed by atoms with Crippen LogP contribution in [0.15, 0.2) is 53.9 Å². The first-order valence-corrected chi connectivity index (χ1v) is 10.1. The van der Waals surface area contributed by atoms with E-state index in [9.17, 15) is 4.39 Å². The summed E-state index contributed by atoms with van der Waals surface area (Å²) in [4.78, 5) is 15.5. The van der Waals surface area contributed by atoms with Gasteiger partial charge >= 0.3 is 0 Å². The average molecular weight is 523 g/mol. The molecule has 1 atom stereocenters. The second-order valence-electron chi connectivity index (χ2n) is 7.09. The van der Waals surface area contributed by atoms with Crippen molar-refractivity contribution in [3.8, 4) is 0 Å². The molecule has 1 aliphatic heterocycles. The lowest BCUT2D eigenvalue weighted by Gasteiger charge is -2.19. The number of halogens is 2. The molecule has 0 spiro atoms. The number of pyridine rings is 2. The largest absolute Gasteiger partial charge is 0.357 e. The first-order valence-electron chi connectivity index (χ1n) is 10.1. The third-order valence-electron chi connectivity index (χ3n) is 4.96. The fourth-order valence-corrected chi connectivity index (χ4v) is 3.58. The second-order valence-corrected chi connectivity index (χ2v) is 7.09. The number of fused-ring (bicyclic) bond motifs is 1. The number of aliphatic imine (C=N–C) groups is 1. The number of anilines is 1. The third kappa shape index (κ3) is 5.38. The highest BCUT2D eigenvalue weighted by molar-refractivity contribution is 14.0. The number of hydrogen-bond donors (Lipinski definition) is 2. The van der Waals surface area contributed by atoms with Crippen LogP contribution in [0.25, 0.3) is 5.65 Å². The van der Waals surface area contributed by atoms with Gasteiger partial charge in [-0.05, 0) is 37.6 Å². The zero-order chi connectivity index (χ0) is 20.1. The molecule has 7 nitrogen and oxygen atoms in total. The van der Waals surface area contributed by atoms with Gasteiger partial charge in [0.05, 0.1) is 5.69 Å². The average Bonchev–Trinajstić information content (AvgIpc) is 3.35. The van der Waals surface area contributed by atoms with Crippen LogP contribution in [0.1, 0.15) is 19.0 Å². The topological polar surface area (TPSA) is 69.8 Å². The first kappa shape index (κ1) is 22.3. The van der Waals surface area contributed by atoms with Crippen LogP contribution in [0.3, 0.4) is 0 Å². The molecule has 0 bridgehead atoms. The summed E-state index contributed by atoms with van der Waals surface area (Å²) in [7, 11) is 0. The number of rotatable bonds is 6. The maximum Gasteiger partial charge on any atom is 0.191 e. The molecule has 0 aromatic carbocycles. The van der Waals surface area contributed by atoms with Crippen LogP contribution in [0.4, 0.5) is 10.2 Å². The Bertz CT molecular complexity index is 957. The number of aromatic nitrogens is 3. The normalized spacial score (nSPS) is 16.5. The Hall–Kier alpha value is -2.43. The molecule has 4 heterocycles. The maximum atomic E-state index is 14.0. The van der Waals surface area contributed by atoms with E-state index in [0.29, 0.717) is 18.9 Å². The van der Waals surface area contributed by atoms with Gasteiger partial charge in [-0.25, -0.2) is 14.4 Å². The van der Waals surface area contributed by atoms with Crippen LogP contribution >= 0.6 is 24.0 Å². The number of guanidine groups is 1. The van der Waals surface area contributed by atoms with Crippen LogP contribution in [0, 0.1) is 5.82 Å². The van der Waals surface area contributed by atoms with E-state index in [1.165, 1.54) is 6.07 Å². The van der Waals surface area contributed by atoms with Crippen molar-refractivity contribution in [3.63, 3.8) is 0 Å². The lowest BCUT2D eigenvalue weighted by molar-refractivity contribution is 0.612. The smallest absolute Gasteiger partial charge is 0.191 e. The van der Waals surface area contributed by atoms with Crippen molar-refractivity contribution >= 4 is 41.4 Å². The highest BCUT2D eigenvalue weighted by atomic mass is 127. The predicted octanol–water partition coefficient (Wildman–Crippen LogP) is 2.86. The summed E-state index contributed by atoms with van der Waals surface area (Å²) in [5.41, 5.74) is 1.97. The van der Waals surface area contributed by atoms with Gasteiger partial charge in [0.2, 0.25) is 0 Å². The van der Waals surface area contributed by atoms with E-state index in [4.69, 9.17) is 4.99 Å². The number of imidazole rings is 1. The van der Waals surface area contributed by atoms with Crippen molar-refractivity contribution in [2.24, 2.45) is 4.99 Å². The van der Waals surface area contributed by atoms with Crippen molar-refractivity contribution in [3.05, 3.63) is 60.4 Å². The highest BCUT2D eigenvalue weighted by Gasteiger charge is 2.25. The Labute approximate surface area is 192 Å². The molecule has 2 N–H and O–H groups in total. The Kier molecular flexibility index (Phi) is 7.83. The zero-order valence-electron chi connectivity index (χ0n) is 17.0. The van der Waals surface area contributed by atoms with Crippen molar-refractivity contribution in [1.82, 2.24) is 25.0 Å². The number of hydrogen-bond acceptors (Lipinski definition) is 4. The molecule has 9 heteroatoms. The predicted molar refractivity (Wildman–Crippen MR) is 128 cm³/mol. The van der Waals surface area contributed by atoms with E-state index in [-0.39, 0.29) is 35.8 Å². The van der Waals surface area contributed by atoms with E-state index in [1.54, 1.807) is 12.3 Å². The first-order chi connectivity index (χ1) is 14.2. The van der Waals surface area contributed by atoms with Gasteiger partial charge in [-0.15, -0.1) is 24.0 Å². The SMILES string of the molecule is CCNC(=NCCc1cn2ccccc2n1)NC1CCN(c2ncccc2F)C1.I. The second kappa shape index (κ2) is 10.6. The Morgan fingerprint density at radius 3 is 3.00 bits per heavy atom. The van der Waals surface area contributed by atoms with Gasteiger partial charge in [0, 0.05) is 57.2 Å². The Balaban J connectivity index is 0.00000256. The van der Waals surface area contributed by atoms with Gasteiger partial charge in [-0.3, -0.25) is 4.99 Å². The van der Waals surface area contributed by atoms with Crippen LogP contribution in [-0.4, -0.2) is 52.5 Å². The van der Waals surface area contributed by atoms with E-state index < -0.39 is 0 Å². The summed E-state index contributed by atoms with van der Waals surface area (Å²) in [6.07, 6.45) is 7.35. The van der Waals surface area contributed by atoms with Gasteiger partial charge in [0.1, 0.15) is 5.65 Å². The van der Waals surface area contributed by atoms with E-state index in [1.807, 2.05) is 46.8 Å². The fraction of sp³-hybridized carbons (Fsp3) is 0.381. The highest BCUT2D eigenvalue weighted by Crippen LogP contribution is 2.20. The van der Waals surface area contributed by atoms with Crippen LogP contribution in [0.2, 0.25) is 0 Å². The minimum Gasteiger partial charge on any atom is -0.357 e. The molecule has 3 aromatic heterocycles. The third-order valence-corrected chi connectivity index (χ3v) is 4.96. The fourth-order valence-electron chi connectivity index (χ4n) is 3.58. The van der Waals surface area contributed by atoms with Crippen molar-refractivity contribution < 1.29 is 4.39 Å². The summed E-state index contributed by atoms with van der Waals surface area (Å²) in [5.74, 6) is 0.927. The molecular weight excluding hydrogens is 496 g/mol. The molecule has 4 rings (SSSR count). The molecular formula is C21H27FIN7. The lowest BCUT2D eigenvalue weighted by Crippen LogP contribution is -2.44. The van der Waals surface area contributed by atoms with E-state index in [0.717, 1.165) is 43.2 Å². The monoisotopic (exact) mass is 523 g/mol. The molecule has 160 valence electrons. The summed E-state index contributed by atoms with van der Waals surface area (Å²) < 4.78 is 16.0. The molecule has 1 fully saturated rings. The Morgan fingerprint density at radius 1 is 1.30 bits per heavy atom. The van der Waals surface area contributed by atoms with E-state index in [2.05, 4.69) is 20.6 Å². The van der Waals surface area contributed by atoms with Crippen molar-refractivity contribution in [1.29, 1.82) is 0 Å². The van der Waals surface area contributed by atoms with Crippen LogP contribution in [-0.2, 0) is 6.42 Å². The molecule has 1 unspecified atom stereocenters. The minimum atomic E-state index is -0.277. The standard InChI is InChI=1S/C21H26FN7.HI/c1-2-23-21(25-11-8-16-14-28-12-4-3-7-19(28)26-16)27-17-9-13-29(15-17)20-18(22)6-5-10-24-20;/h3-7,10,12,14,17H,2,8-9,11,13,15H2,1H3,(H2,23,25,27);1H. The minimum absolute atomic E-state index is 0.